The zero-order chi connectivity index (χ0) is 8.27. The molecule has 0 saturated carbocycles. The summed E-state index contributed by atoms with van der Waals surface area (Å²) < 4.78 is 5.40. The van der Waals surface area contributed by atoms with Crippen molar-refractivity contribution in [2.45, 2.75) is 0 Å². The van der Waals surface area contributed by atoms with E-state index in [1.807, 2.05) is 0 Å². The summed E-state index contributed by atoms with van der Waals surface area (Å²) in [5.41, 5.74) is 0.530. The average molecular weight is 215 g/mol. The largest absolute Gasteiger partial charge is 0.480 e. The maximum Gasteiger partial charge on any atom is 0.232 e. The SMILES string of the molecule is COC(=N)c1cccc(Br)n1. The number of halogens is 1. The number of rotatable bonds is 1. The van der Waals surface area contributed by atoms with Gasteiger partial charge in [-0.25, -0.2) is 4.98 Å². The number of nitrogens with one attached hydrogen (secondary N) is 1. The fourth-order valence-electron chi connectivity index (χ4n) is 0.639. The Morgan fingerprint density at radius 3 is 2.91 bits per heavy atom. The highest BCUT2D eigenvalue weighted by Gasteiger charge is 2.00. The fraction of sp³-hybridized carbons (Fsp3) is 0.143. The molecule has 0 atom stereocenters. The fourth-order valence-corrected chi connectivity index (χ4v) is 0.983. The van der Waals surface area contributed by atoms with Gasteiger partial charge in [-0.15, -0.1) is 0 Å². The molecule has 0 aromatic carbocycles. The summed E-state index contributed by atoms with van der Waals surface area (Å²) in [6.07, 6.45) is 0. The van der Waals surface area contributed by atoms with E-state index < -0.39 is 0 Å². The Hall–Kier alpha value is -0.900. The lowest BCUT2D eigenvalue weighted by molar-refractivity contribution is 0.399. The molecule has 11 heavy (non-hydrogen) atoms. The molecule has 1 heterocycles. The van der Waals surface area contributed by atoms with Crippen LogP contribution in [0.5, 0.6) is 0 Å². The molecule has 1 aromatic heterocycles. The summed E-state index contributed by atoms with van der Waals surface area (Å²) in [7, 11) is 1.45. The highest BCUT2D eigenvalue weighted by atomic mass is 79.9. The highest BCUT2D eigenvalue weighted by molar-refractivity contribution is 9.10. The molecule has 58 valence electrons. The summed E-state index contributed by atoms with van der Waals surface area (Å²) in [6.45, 7) is 0. The van der Waals surface area contributed by atoms with Gasteiger partial charge in [0.05, 0.1) is 7.11 Å². The molecule has 0 unspecified atom stereocenters. The minimum absolute atomic E-state index is 0.0753. The summed E-state index contributed by atoms with van der Waals surface area (Å²) in [5.74, 6) is 0.0753. The Morgan fingerprint density at radius 2 is 2.36 bits per heavy atom. The van der Waals surface area contributed by atoms with Crippen LogP contribution in [0.4, 0.5) is 0 Å². The molecule has 3 nitrogen and oxygen atoms in total. The third-order valence-corrected chi connectivity index (χ3v) is 1.59. The van der Waals surface area contributed by atoms with Crippen LogP contribution < -0.4 is 0 Å². The lowest BCUT2D eigenvalue weighted by Gasteiger charge is -1.99. The van der Waals surface area contributed by atoms with Gasteiger partial charge in [-0.1, -0.05) is 6.07 Å². The van der Waals surface area contributed by atoms with Gasteiger partial charge >= 0.3 is 0 Å². The van der Waals surface area contributed by atoms with Gasteiger partial charge in [0.15, 0.2) is 0 Å². The van der Waals surface area contributed by atoms with Crippen molar-refractivity contribution < 1.29 is 4.74 Å². The van der Waals surface area contributed by atoms with Crippen LogP contribution in [0.25, 0.3) is 0 Å². The van der Waals surface area contributed by atoms with Gasteiger partial charge in [-0.3, -0.25) is 5.41 Å². The number of hydrogen-bond acceptors (Lipinski definition) is 3. The predicted molar refractivity (Wildman–Crippen MR) is 45.8 cm³/mol. The van der Waals surface area contributed by atoms with Crippen molar-refractivity contribution in [1.29, 1.82) is 5.41 Å². The van der Waals surface area contributed by atoms with Crippen molar-refractivity contribution in [2.75, 3.05) is 7.11 Å². The van der Waals surface area contributed by atoms with E-state index in [1.165, 1.54) is 7.11 Å². The Morgan fingerprint density at radius 1 is 1.64 bits per heavy atom. The van der Waals surface area contributed by atoms with E-state index in [1.54, 1.807) is 18.2 Å². The molecule has 0 spiro atoms. The summed E-state index contributed by atoms with van der Waals surface area (Å²) in [6, 6.07) is 5.32. The second-order valence-electron chi connectivity index (χ2n) is 1.88. The molecular formula is C7H7BrN2O. The van der Waals surface area contributed by atoms with Gasteiger partial charge in [0.25, 0.3) is 0 Å². The topological polar surface area (TPSA) is 46.0 Å². The first kappa shape index (κ1) is 8.20. The van der Waals surface area contributed by atoms with E-state index >= 15 is 0 Å². The van der Waals surface area contributed by atoms with Crippen LogP contribution in [0.1, 0.15) is 5.69 Å². The monoisotopic (exact) mass is 214 g/mol. The number of hydrogen-bond donors (Lipinski definition) is 1. The van der Waals surface area contributed by atoms with E-state index in [2.05, 4.69) is 20.9 Å². The third-order valence-electron chi connectivity index (χ3n) is 1.15. The van der Waals surface area contributed by atoms with E-state index in [0.29, 0.717) is 10.3 Å². The minimum Gasteiger partial charge on any atom is -0.480 e. The summed E-state index contributed by atoms with van der Waals surface area (Å²) in [5, 5.41) is 7.27. The van der Waals surface area contributed by atoms with E-state index in [0.717, 1.165) is 0 Å². The Kier molecular flexibility index (Phi) is 2.59. The maximum atomic E-state index is 7.27. The molecule has 1 N–H and O–H groups in total. The molecule has 0 amide bonds. The standard InChI is InChI=1S/C7H7BrN2O/c1-11-7(9)5-3-2-4-6(8)10-5/h2-4,9H,1H3. The number of pyridine rings is 1. The first-order chi connectivity index (χ1) is 5.24. The maximum absolute atomic E-state index is 7.27. The van der Waals surface area contributed by atoms with E-state index in [9.17, 15) is 0 Å². The molecule has 0 aliphatic heterocycles. The number of methoxy groups -OCH3 is 1. The summed E-state index contributed by atoms with van der Waals surface area (Å²) >= 11 is 3.20. The van der Waals surface area contributed by atoms with Gasteiger partial charge in [0.2, 0.25) is 5.90 Å². The first-order valence-corrected chi connectivity index (χ1v) is 3.79. The quantitative estimate of drug-likeness (QED) is 0.441. The summed E-state index contributed by atoms with van der Waals surface area (Å²) in [4.78, 5) is 4.01. The highest BCUT2D eigenvalue weighted by Crippen LogP contribution is 2.06. The van der Waals surface area contributed by atoms with Crippen LogP contribution >= 0.6 is 15.9 Å². The van der Waals surface area contributed by atoms with Crippen LogP contribution in [-0.2, 0) is 4.74 Å². The van der Waals surface area contributed by atoms with Gasteiger partial charge in [-0.2, -0.15) is 0 Å². The molecule has 0 bridgehead atoms. The van der Waals surface area contributed by atoms with Crippen LogP contribution in [0.3, 0.4) is 0 Å². The van der Waals surface area contributed by atoms with Crippen molar-refractivity contribution in [3.05, 3.63) is 28.5 Å². The number of nitrogens with zero attached hydrogens (tertiary/aromatic N) is 1. The molecule has 0 aliphatic carbocycles. The van der Waals surface area contributed by atoms with Gasteiger partial charge in [0.1, 0.15) is 10.3 Å². The Balaban J connectivity index is 2.96. The minimum atomic E-state index is 0.0753. The van der Waals surface area contributed by atoms with Crippen LogP contribution in [-0.4, -0.2) is 18.0 Å². The molecule has 0 fully saturated rings. The molecular weight excluding hydrogens is 208 g/mol. The van der Waals surface area contributed by atoms with Crippen LogP contribution in [0.2, 0.25) is 0 Å². The lowest BCUT2D eigenvalue weighted by Crippen LogP contribution is -2.03. The lowest BCUT2D eigenvalue weighted by atomic mass is 10.3. The number of aromatic nitrogens is 1. The second-order valence-corrected chi connectivity index (χ2v) is 2.69. The average Bonchev–Trinajstić information content (AvgIpc) is 2.03. The smallest absolute Gasteiger partial charge is 0.232 e. The molecule has 1 rings (SSSR count). The Bertz CT molecular complexity index is 275. The van der Waals surface area contributed by atoms with Gasteiger partial charge < -0.3 is 4.74 Å². The Labute approximate surface area is 73.0 Å². The molecule has 1 aromatic rings. The van der Waals surface area contributed by atoms with Crippen molar-refractivity contribution in [3.63, 3.8) is 0 Å². The molecule has 0 saturated heterocycles. The van der Waals surface area contributed by atoms with Crippen LogP contribution in [0.15, 0.2) is 22.8 Å². The zero-order valence-corrected chi connectivity index (χ0v) is 7.55. The third kappa shape index (κ3) is 2.01. The van der Waals surface area contributed by atoms with Crippen molar-refractivity contribution in [1.82, 2.24) is 4.98 Å². The van der Waals surface area contributed by atoms with Crippen molar-refractivity contribution in [2.24, 2.45) is 0 Å². The van der Waals surface area contributed by atoms with E-state index in [4.69, 9.17) is 10.1 Å². The predicted octanol–water partition coefficient (Wildman–Crippen LogP) is 1.82. The van der Waals surface area contributed by atoms with E-state index in [-0.39, 0.29) is 5.90 Å². The van der Waals surface area contributed by atoms with Crippen LogP contribution in [0, 0.1) is 5.41 Å². The van der Waals surface area contributed by atoms with Crippen molar-refractivity contribution >= 4 is 21.8 Å². The van der Waals surface area contributed by atoms with Gasteiger partial charge in [0, 0.05) is 0 Å². The molecule has 0 radical (unpaired) electrons. The second kappa shape index (κ2) is 3.48. The number of ether oxygens (including phenoxy) is 1. The van der Waals surface area contributed by atoms with Crippen molar-refractivity contribution in [3.8, 4) is 0 Å². The normalized spacial score (nSPS) is 9.27. The molecule has 0 aliphatic rings. The molecule has 4 heteroatoms. The van der Waals surface area contributed by atoms with Gasteiger partial charge in [-0.05, 0) is 28.1 Å². The first-order valence-electron chi connectivity index (χ1n) is 2.99. The zero-order valence-electron chi connectivity index (χ0n) is 5.97.